The van der Waals surface area contributed by atoms with Crippen LogP contribution in [0.1, 0.15) is 40.0 Å². The van der Waals surface area contributed by atoms with Crippen molar-refractivity contribution in [3.05, 3.63) is 0 Å². The molecule has 2 N–H and O–H groups in total. The van der Waals surface area contributed by atoms with E-state index in [-0.39, 0.29) is 11.3 Å². The van der Waals surface area contributed by atoms with Crippen LogP contribution in [0.25, 0.3) is 0 Å². The lowest BCUT2D eigenvalue weighted by Gasteiger charge is -2.40. The van der Waals surface area contributed by atoms with Crippen LogP contribution >= 0.6 is 0 Å². The maximum Gasteiger partial charge on any atom is 0.230 e. The first-order valence-corrected chi connectivity index (χ1v) is 8.20. The van der Waals surface area contributed by atoms with E-state index in [9.17, 15) is 9.59 Å². The third-order valence-electron chi connectivity index (χ3n) is 5.26. The molecule has 1 atom stereocenters. The molecule has 0 radical (unpaired) electrons. The highest BCUT2D eigenvalue weighted by molar-refractivity contribution is 5.83. The molecule has 2 heterocycles. The van der Waals surface area contributed by atoms with Gasteiger partial charge in [-0.3, -0.25) is 9.59 Å². The minimum Gasteiger partial charge on any atom is -0.356 e. The molecule has 5 heteroatoms. The van der Waals surface area contributed by atoms with E-state index in [1.165, 1.54) is 0 Å². The Labute approximate surface area is 127 Å². The van der Waals surface area contributed by atoms with E-state index in [4.69, 9.17) is 0 Å². The number of carbonyl (C=O) groups excluding carboxylic acids is 2. The van der Waals surface area contributed by atoms with Gasteiger partial charge in [0, 0.05) is 33.1 Å². The van der Waals surface area contributed by atoms with Crippen LogP contribution < -0.4 is 10.6 Å². The normalized spacial score (nSPS) is 27.1. The second-order valence-corrected chi connectivity index (χ2v) is 6.91. The second-order valence-electron chi connectivity index (χ2n) is 6.91. The van der Waals surface area contributed by atoms with E-state index in [0.717, 1.165) is 52.0 Å². The Hall–Kier alpha value is -1.10. The summed E-state index contributed by atoms with van der Waals surface area (Å²) in [6.07, 6.45) is 2.94. The SMILES string of the molecule is CC(=O)NCC1CCN(C(=O)C2(C(C)C)CCNC2)CC1. The molecule has 21 heavy (non-hydrogen) atoms. The largest absolute Gasteiger partial charge is 0.356 e. The molecule has 0 spiro atoms. The van der Waals surface area contributed by atoms with Crippen LogP contribution in [0.3, 0.4) is 0 Å². The fourth-order valence-electron chi connectivity index (χ4n) is 3.58. The molecule has 2 saturated heterocycles. The van der Waals surface area contributed by atoms with Crippen molar-refractivity contribution >= 4 is 11.8 Å². The van der Waals surface area contributed by atoms with Gasteiger partial charge in [0.05, 0.1) is 5.41 Å². The minimum atomic E-state index is -0.204. The Morgan fingerprint density at radius 3 is 2.48 bits per heavy atom. The molecular weight excluding hydrogens is 266 g/mol. The third kappa shape index (κ3) is 3.57. The number of nitrogens with one attached hydrogen (secondary N) is 2. The molecule has 1 unspecified atom stereocenters. The van der Waals surface area contributed by atoms with Crippen molar-refractivity contribution in [2.24, 2.45) is 17.3 Å². The predicted octanol–water partition coefficient (Wildman–Crippen LogP) is 0.997. The average Bonchev–Trinajstić information content (AvgIpc) is 2.95. The molecule has 0 aromatic rings. The van der Waals surface area contributed by atoms with Gasteiger partial charge < -0.3 is 15.5 Å². The maximum absolute atomic E-state index is 13.0. The van der Waals surface area contributed by atoms with Crippen molar-refractivity contribution in [2.45, 2.75) is 40.0 Å². The molecule has 0 bridgehead atoms. The number of hydrogen-bond acceptors (Lipinski definition) is 3. The Morgan fingerprint density at radius 1 is 1.33 bits per heavy atom. The van der Waals surface area contributed by atoms with Crippen LogP contribution in [-0.2, 0) is 9.59 Å². The van der Waals surface area contributed by atoms with Gasteiger partial charge in [0.2, 0.25) is 11.8 Å². The van der Waals surface area contributed by atoms with Crippen LogP contribution in [0.4, 0.5) is 0 Å². The van der Waals surface area contributed by atoms with Crippen molar-refractivity contribution in [3.63, 3.8) is 0 Å². The lowest BCUT2D eigenvalue weighted by Crippen LogP contribution is -2.51. The monoisotopic (exact) mass is 295 g/mol. The first-order valence-electron chi connectivity index (χ1n) is 8.20. The fraction of sp³-hybridized carbons (Fsp3) is 0.875. The Balaban J connectivity index is 1.89. The average molecular weight is 295 g/mol. The van der Waals surface area contributed by atoms with Crippen LogP contribution in [0, 0.1) is 17.3 Å². The topological polar surface area (TPSA) is 61.4 Å². The molecule has 120 valence electrons. The summed E-state index contributed by atoms with van der Waals surface area (Å²) >= 11 is 0. The van der Waals surface area contributed by atoms with Gasteiger partial charge in [-0.15, -0.1) is 0 Å². The second kappa shape index (κ2) is 6.77. The van der Waals surface area contributed by atoms with Crippen LogP contribution in [0.2, 0.25) is 0 Å². The van der Waals surface area contributed by atoms with E-state index in [1.54, 1.807) is 6.92 Å². The fourth-order valence-corrected chi connectivity index (χ4v) is 3.58. The highest BCUT2D eigenvalue weighted by Gasteiger charge is 2.46. The van der Waals surface area contributed by atoms with Gasteiger partial charge >= 0.3 is 0 Å². The summed E-state index contributed by atoms with van der Waals surface area (Å²) in [7, 11) is 0. The van der Waals surface area contributed by atoms with E-state index in [0.29, 0.717) is 17.7 Å². The lowest BCUT2D eigenvalue weighted by atomic mass is 9.74. The molecule has 0 saturated carbocycles. The Morgan fingerprint density at radius 2 is 2.00 bits per heavy atom. The standard InChI is InChI=1S/C16H29N3O2/c1-12(2)16(6-7-17-11-16)15(21)19-8-4-14(5-9-19)10-18-13(3)20/h12,14,17H,4-11H2,1-3H3,(H,18,20). The molecule has 2 aliphatic rings. The van der Waals surface area contributed by atoms with Crippen molar-refractivity contribution in [2.75, 3.05) is 32.7 Å². The quantitative estimate of drug-likeness (QED) is 0.813. The van der Waals surface area contributed by atoms with E-state index >= 15 is 0 Å². The van der Waals surface area contributed by atoms with Crippen molar-refractivity contribution in [1.29, 1.82) is 0 Å². The van der Waals surface area contributed by atoms with Gasteiger partial charge in [-0.25, -0.2) is 0 Å². The molecule has 0 aliphatic carbocycles. The third-order valence-corrected chi connectivity index (χ3v) is 5.26. The predicted molar refractivity (Wildman–Crippen MR) is 82.7 cm³/mol. The van der Waals surface area contributed by atoms with Crippen LogP contribution in [0.5, 0.6) is 0 Å². The highest BCUT2D eigenvalue weighted by Crippen LogP contribution is 2.37. The Bertz CT molecular complexity index is 381. The summed E-state index contributed by atoms with van der Waals surface area (Å²) < 4.78 is 0. The van der Waals surface area contributed by atoms with Gasteiger partial charge in [0.15, 0.2) is 0 Å². The molecular formula is C16H29N3O2. The summed E-state index contributed by atoms with van der Waals surface area (Å²) in [6.45, 7) is 10.0. The van der Waals surface area contributed by atoms with Crippen molar-refractivity contribution in [3.8, 4) is 0 Å². The molecule has 2 aliphatic heterocycles. The number of rotatable bonds is 4. The molecule has 5 nitrogen and oxygen atoms in total. The zero-order valence-corrected chi connectivity index (χ0v) is 13.6. The van der Waals surface area contributed by atoms with Gasteiger partial charge in [-0.2, -0.15) is 0 Å². The molecule has 2 rings (SSSR count). The molecule has 2 amide bonds. The molecule has 0 aromatic heterocycles. The smallest absolute Gasteiger partial charge is 0.230 e. The van der Waals surface area contributed by atoms with Crippen molar-refractivity contribution < 1.29 is 9.59 Å². The zero-order valence-electron chi connectivity index (χ0n) is 13.6. The number of carbonyl (C=O) groups is 2. The first kappa shape index (κ1) is 16.3. The highest BCUT2D eigenvalue weighted by atomic mass is 16.2. The van der Waals surface area contributed by atoms with Gasteiger partial charge in [-0.05, 0) is 37.6 Å². The summed E-state index contributed by atoms with van der Waals surface area (Å²) in [5.74, 6) is 1.25. The number of likely N-dealkylation sites (tertiary alicyclic amines) is 1. The summed E-state index contributed by atoms with van der Waals surface area (Å²) in [5.41, 5.74) is -0.204. The van der Waals surface area contributed by atoms with Gasteiger partial charge in [0.1, 0.15) is 0 Å². The number of piperidine rings is 1. The molecule has 2 fully saturated rings. The summed E-state index contributed by atoms with van der Waals surface area (Å²) in [4.78, 5) is 26.0. The lowest BCUT2D eigenvalue weighted by molar-refractivity contribution is -0.145. The van der Waals surface area contributed by atoms with E-state index in [1.807, 2.05) is 0 Å². The molecule has 0 aromatic carbocycles. The summed E-state index contributed by atoms with van der Waals surface area (Å²) in [6, 6.07) is 0. The number of amides is 2. The first-order chi connectivity index (χ1) is 9.95. The Kier molecular flexibility index (Phi) is 5.25. The number of hydrogen-bond donors (Lipinski definition) is 2. The van der Waals surface area contributed by atoms with Crippen LogP contribution in [0.15, 0.2) is 0 Å². The van der Waals surface area contributed by atoms with Gasteiger partial charge in [0.25, 0.3) is 0 Å². The number of nitrogens with zero attached hydrogens (tertiary/aromatic N) is 1. The minimum absolute atomic E-state index is 0.0318. The maximum atomic E-state index is 13.0. The zero-order chi connectivity index (χ0) is 15.5. The van der Waals surface area contributed by atoms with E-state index < -0.39 is 0 Å². The van der Waals surface area contributed by atoms with Gasteiger partial charge in [-0.1, -0.05) is 13.8 Å². The van der Waals surface area contributed by atoms with Crippen LogP contribution in [-0.4, -0.2) is 49.4 Å². The van der Waals surface area contributed by atoms with Crippen molar-refractivity contribution in [1.82, 2.24) is 15.5 Å². The summed E-state index contributed by atoms with van der Waals surface area (Å²) in [5, 5.41) is 6.25. The van der Waals surface area contributed by atoms with E-state index in [2.05, 4.69) is 29.4 Å².